The summed E-state index contributed by atoms with van der Waals surface area (Å²) in [6, 6.07) is 8.04. The molecule has 0 bridgehead atoms. The molecular formula is C15H24N2O2. The molecule has 0 amide bonds. The Bertz CT molecular complexity index is 440. The Kier molecular flexibility index (Phi) is 5.21. The Morgan fingerprint density at radius 3 is 2.58 bits per heavy atom. The summed E-state index contributed by atoms with van der Waals surface area (Å²) >= 11 is 0. The van der Waals surface area contributed by atoms with E-state index in [4.69, 9.17) is 15.7 Å². The Morgan fingerprint density at radius 1 is 1.37 bits per heavy atom. The van der Waals surface area contributed by atoms with Crippen molar-refractivity contribution in [3.8, 4) is 5.75 Å². The maximum atomic E-state index is 8.73. The normalized spacial score (nSPS) is 12.8. The summed E-state index contributed by atoms with van der Waals surface area (Å²) < 4.78 is 5.84. The first-order chi connectivity index (χ1) is 8.88. The lowest BCUT2D eigenvalue weighted by Gasteiger charge is -2.23. The van der Waals surface area contributed by atoms with Gasteiger partial charge in [0.2, 0.25) is 0 Å². The van der Waals surface area contributed by atoms with Gasteiger partial charge in [0.05, 0.1) is 6.61 Å². The number of para-hydroxylation sites is 1. The molecule has 1 aromatic rings. The minimum Gasteiger partial charge on any atom is -0.493 e. The van der Waals surface area contributed by atoms with Crippen LogP contribution in [0.5, 0.6) is 5.75 Å². The van der Waals surface area contributed by atoms with Gasteiger partial charge >= 0.3 is 0 Å². The van der Waals surface area contributed by atoms with Crippen LogP contribution in [-0.2, 0) is 0 Å². The molecule has 0 aliphatic heterocycles. The third-order valence-corrected chi connectivity index (χ3v) is 3.33. The third-order valence-electron chi connectivity index (χ3n) is 3.33. The van der Waals surface area contributed by atoms with Crippen LogP contribution in [0.2, 0.25) is 0 Å². The van der Waals surface area contributed by atoms with Crippen LogP contribution in [0.1, 0.15) is 45.6 Å². The van der Waals surface area contributed by atoms with E-state index in [0.717, 1.165) is 5.75 Å². The first kappa shape index (κ1) is 15.3. The molecule has 0 saturated heterocycles. The number of oxime groups is 1. The molecule has 3 N–H and O–H groups in total. The zero-order valence-electron chi connectivity index (χ0n) is 12.2. The number of nitrogens with two attached hydrogens (primary N) is 1. The monoisotopic (exact) mass is 264 g/mol. The van der Waals surface area contributed by atoms with Gasteiger partial charge in [-0.25, -0.2) is 0 Å². The molecule has 106 valence electrons. The quantitative estimate of drug-likeness (QED) is 0.358. The minimum absolute atomic E-state index is 0.230. The first-order valence-corrected chi connectivity index (χ1v) is 6.58. The van der Waals surface area contributed by atoms with Crippen LogP contribution in [-0.4, -0.2) is 17.6 Å². The van der Waals surface area contributed by atoms with Gasteiger partial charge in [0.1, 0.15) is 11.6 Å². The Labute approximate surface area is 115 Å². The third kappa shape index (κ3) is 4.16. The van der Waals surface area contributed by atoms with E-state index in [-0.39, 0.29) is 11.3 Å². The van der Waals surface area contributed by atoms with Crippen molar-refractivity contribution in [2.24, 2.45) is 16.3 Å². The molecule has 0 unspecified atom stereocenters. The number of ether oxygens (including phenoxy) is 1. The number of hydrogen-bond donors (Lipinski definition) is 2. The SMILES string of the molecule is CC(C)c1ccccc1OCCC(C)(C)C(N)=NO. The summed E-state index contributed by atoms with van der Waals surface area (Å²) in [7, 11) is 0. The number of nitrogens with zero attached hydrogens (tertiary/aromatic N) is 1. The van der Waals surface area contributed by atoms with Crippen LogP contribution >= 0.6 is 0 Å². The predicted molar refractivity (Wildman–Crippen MR) is 77.8 cm³/mol. The van der Waals surface area contributed by atoms with Crippen LogP contribution in [0.4, 0.5) is 0 Å². The van der Waals surface area contributed by atoms with E-state index < -0.39 is 0 Å². The topological polar surface area (TPSA) is 67.8 Å². The van der Waals surface area contributed by atoms with Gasteiger partial charge in [-0.3, -0.25) is 0 Å². The van der Waals surface area contributed by atoms with Crippen LogP contribution in [0.3, 0.4) is 0 Å². The van der Waals surface area contributed by atoms with E-state index in [1.54, 1.807) is 0 Å². The molecule has 19 heavy (non-hydrogen) atoms. The van der Waals surface area contributed by atoms with Crippen LogP contribution in [0.25, 0.3) is 0 Å². The summed E-state index contributed by atoms with van der Waals surface area (Å²) in [5.74, 6) is 1.56. The highest BCUT2D eigenvalue weighted by Gasteiger charge is 2.23. The second-order valence-electron chi connectivity index (χ2n) is 5.66. The Balaban J connectivity index is 2.64. The molecule has 1 aromatic carbocycles. The summed E-state index contributed by atoms with van der Waals surface area (Å²) in [5, 5.41) is 11.8. The largest absolute Gasteiger partial charge is 0.493 e. The predicted octanol–water partition coefficient (Wildman–Crippen LogP) is 3.35. The Morgan fingerprint density at radius 2 is 2.00 bits per heavy atom. The standard InChI is InChI=1S/C15H24N2O2/c1-11(2)12-7-5-6-8-13(12)19-10-9-15(3,4)14(16)17-18/h5-8,11,18H,9-10H2,1-4H3,(H2,16,17). The van der Waals surface area contributed by atoms with E-state index in [0.29, 0.717) is 18.9 Å². The van der Waals surface area contributed by atoms with Crippen molar-refractivity contribution in [3.05, 3.63) is 29.8 Å². The maximum absolute atomic E-state index is 8.73. The van der Waals surface area contributed by atoms with E-state index in [2.05, 4.69) is 25.1 Å². The average Bonchev–Trinajstić information content (AvgIpc) is 2.37. The van der Waals surface area contributed by atoms with Crippen molar-refractivity contribution in [3.63, 3.8) is 0 Å². The number of amidine groups is 1. The smallest absolute Gasteiger partial charge is 0.144 e. The summed E-state index contributed by atoms with van der Waals surface area (Å²) in [4.78, 5) is 0. The highest BCUT2D eigenvalue weighted by molar-refractivity contribution is 5.85. The van der Waals surface area contributed by atoms with E-state index >= 15 is 0 Å². The van der Waals surface area contributed by atoms with Gasteiger partial charge in [0, 0.05) is 5.41 Å². The van der Waals surface area contributed by atoms with Gasteiger partial charge in [-0.05, 0) is 24.0 Å². The maximum Gasteiger partial charge on any atom is 0.144 e. The van der Waals surface area contributed by atoms with Gasteiger partial charge < -0.3 is 15.7 Å². The molecule has 4 nitrogen and oxygen atoms in total. The van der Waals surface area contributed by atoms with Gasteiger partial charge in [-0.2, -0.15) is 0 Å². The van der Waals surface area contributed by atoms with E-state index in [1.807, 2.05) is 32.0 Å². The summed E-state index contributed by atoms with van der Waals surface area (Å²) in [6.45, 7) is 8.68. The minimum atomic E-state index is -0.373. The van der Waals surface area contributed by atoms with Crippen molar-refractivity contribution < 1.29 is 9.94 Å². The molecule has 0 aliphatic rings. The van der Waals surface area contributed by atoms with Crippen LogP contribution in [0, 0.1) is 5.41 Å². The van der Waals surface area contributed by atoms with Crippen LogP contribution in [0.15, 0.2) is 29.4 Å². The van der Waals surface area contributed by atoms with Crippen molar-refractivity contribution in [1.29, 1.82) is 0 Å². The summed E-state index contributed by atoms with van der Waals surface area (Å²) in [5.41, 5.74) is 6.48. The van der Waals surface area contributed by atoms with Gasteiger partial charge in [0.25, 0.3) is 0 Å². The Hall–Kier alpha value is -1.71. The molecule has 0 atom stereocenters. The number of rotatable bonds is 6. The molecule has 0 spiro atoms. The molecule has 1 rings (SSSR count). The lowest BCUT2D eigenvalue weighted by atomic mass is 9.88. The fraction of sp³-hybridized carbons (Fsp3) is 0.533. The highest BCUT2D eigenvalue weighted by atomic mass is 16.5. The zero-order chi connectivity index (χ0) is 14.5. The summed E-state index contributed by atoms with van der Waals surface area (Å²) in [6.07, 6.45) is 0.690. The van der Waals surface area contributed by atoms with Crippen molar-refractivity contribution in [1.82, 2.24) is 0 Å². The fourth-order valence-corrected chi connectivity index (χ4v) is 1.77. The van der Waals surface area contributed by atoms with Gasteiger partial charge in [-0.1, -0.05) is 51.0 Å². The zero-order valence-corrected chi connectivity index (χ0v) is 12.2. The second kappa shape index (κ2) is 6.45. The van der Waals surface area contributed by atoms with E-state index in [9.17, 15) is 0 Å². The molecule has 0 heterocycles. The van der Waals surface area contributed by atoms with Gasteiger partial charge in [0.15, 0.2) is 0 Å². The lowest BCUT2D eigenvalue weighted by Crippen LogP contribution is -2.33. The molecular weight excluding hydrogens is 240 g/mol. The molecule has 0 aromatic heterocycles. The number of benzene rings is 1. The van der Waals surface area contributed by atoms with Gasteiger partial charge in [-0.15, -0.1) is 0 Å². The van der Waals surface area contributed by atoms with Crippen LogP contribution < -0.4 is 10.5 Å². The fourth-order valence-electron chi connectivity index (χ4n) is 1.77. The number of hydrogen-bond acceptors (Lipinski definition) is 3. The molecule has 0 fully saturated rings. The lowest BCUT2D eigenvalue weighted by molar-refractivity contribution is 0.257. The molecule has 4 heteroatoms. The average molecular weight is 264 g/mol. The van der Waals surface area contributed by atoms with Crippen molar-refractivity contribution >= 4 is 5.84 Å². The first-order valence-electron chi connectivity index (χ1n) is 6.58. The highest BCUT2D eigenvalue weighted by Crippen LogP contribution is 2.27. The second-order valence-corrected chi connectivity index (χ2v) is 5.66. The molecule has 0 saturated carbocycles. The van der Waals surface area contributed by atoms with Crippen molar-refractivity contribution in [2.75, 3.05) is 6.61 Å². The molecule has 0 aliphatic carbocycles. The molecule has 0 radical (unpaired) electrons. The van der Waals surface area contributed by atoms with E-state index in [1.165, 1.54) is 5.56 Å². The van der Waals surface area contributed by atoms with Crippen molar-refractivity contribution in [2.45, 2.75) is 40.0 Å².